The maximum Gasteiger partial charge on any atom is 0.247 e. The molecule has 0 bridgehead atoms. The van der Waals surface area contributed by atoms with Gasteiger partial charge in [0, 0.05) is 14.0 Å². The molecule has 0 rings (SSSR count). The third kappa shape index (κ3) is 3.87. The number of hydrogen-bond donors (Lipinski definition) is 2. The molecule has 2 amide bonds. The van der Waals surface area contributed by atoms with Gasteiger partial charge in [-0.25, -0.2) is 0 Å². The molecule has 11 heavy (non-hydrogen) atoms. The number of carbonyl (C=O) groups is 2. The van der Waals surface area contributed by atoms with Gasteiger partial charge in [0.15, 0.2) is 6.04 Å². The highest BCUT2D eigenvalue weighted by atomic mass is 32.1. The Balaban J connectivity index is 3.94. The van der Waals surface area contributed by atoms with Crippen LogP contribution in [0.3, 0.4) is 0 Å². The Bertz CT molecular complexity index is 161. The first kappa shape index (κ1) is 10.3. The van der Waals surface area contributed by atoms with Crippen molar-refractivity contribution in [3.63, 3.8) is 0 Å². The Morgan fingerprint density at radius 1 is 1.55 bits per heavy atom. The van der Waals surface area contributed by atoms with Crippen LogP contribution < -0.4 is 10.6 Å². The van der Waals surface area contributed by atoms with E-state index in [0.717, 1.165) is 0 Å². The predicted octanol–water partition coefficient (Wildman–Crippen LogP) is -1.75. The lowest BCUT2D eigenvalue weighted by Gasteiger charge is -2.10. The van der Waals surface area contributed by atoms with Crippen LogP contribution in [0.2, 0.25) is 0 Å². The van der Waals surface area contributed by atoms with E-state index in [2.05, 4.69) is 23.3 Å². The number of nitrogens with one attached hydrogen (secondary N) is 2. The quantitative estimate of drug-likeness (QED) is 0.502. The molecule has 0 fully saturated rings. The second-order valence-corrected chi connectivity index (χ2v) is 2.48. The fourth-order valence-corrected chi connectivity index (χ4v) is 0.916. The smallest absolute Gasteiger partial charge is 0.247 e. The zero-order chi connectivity index (χ0) is 8.85. The zero-order valence-corrected chi connectivity index (χ0v) is 7.60. The number of carbonyl (C=O) groups excluding carboxylic acids is 2. The van der Waals surface area contributed by atoms with Gasteiger partial charge >= 0.3 is 0 Å². The third-order valence-corrected chi connectivity index (χ3v) is 1.55. The molecule has 0 saturated heterocycles. The molecule has 0 aliphatic carbocycles. The van der Waals surface area contributed by atoms with Gasteiger partial charge in [-0.05, 0) is 12.6 Å². The summed E-state index contributed by atoms with van der Waals surface area (Å²) in [6, 6.07) is -0.478. The monoisotopic (exact) mass is 177 g/mol. The van der Waals surface area contributed by atoms with E-state index >= 15 is 0 Å². The molecule has 0 saturated carbocycles. The maximum atomic E-state index is 10.9. The minimum Gasteiger partial charge on any atom is -0.357 e. The van der Waals surface area contributed by atoms with Crippen molar-refractivity contribution in [2.24, 2.45) is 0 Å². The number of likely N-dealkylation sites (N-methyl/N-ethyl adjacent to an activating group) is 1. The molecule has 0 aliphatic rings. The Kier molecular flexibility index (Phi) is 4.69. The van der Waals surface area contributed by atoms with E-state index in [1.165, 1.54) is 14.0 Å². The van der Waals surface area contributed by atoms with Crippen molar-refractivity contribution in [2.75, 3.05) is 12.8 Å². The predicted molar refractivity (Wildman–Crippen MR) is 46.7 cm³/mol. The Hall–Kier alpha value is -0.710. The van der Waals surface area contributed by atoms with Crippen LogP contribution in [0.4, 0.5) is 0 Å². The topological polar surface area (TPSA) is 58.2 Å². The summed E-state index contributed by atoms with van der Waals surface area (Å²) in [5.41, 5.74) is 0. The highest BCUT2D eigenvalue weighted by molar-refractivity contribution is 7.58. The first-order valence-electron chi connectivity index (χ1n) is 3.25. The van der Waals surface area contributed by atoms with Gasteiger partial charge in [-0.3, -0.25) is 9.59 Å². The molecule has 0 spiro atoms. The van der Waals surface area contributed by atoms with Crippen LogP contribution >= 0.6 is 0 Å². The Labute approximate surface area is 71.1 Å². The lowest BCUT2D eigenvalue weighted by atomic mass is 10.3. The van der Waals surface area contributed by atoms with Crippen LogP contribution in [0.25, 0.3) is 0 Å². The van der Waals surface area contributed by atoms with Crippen molar-refractivity contribution in [1.82, 2.24) is 10.6 Å². The minimum atomic E-state index is -0.478. The van der Waals surface area contributed by atoms with E-state index in [1.807, 2.05) is 0 Å². The van der Waals surface area contributed by atoms with Crippen molar-refractivity contribution in [1.29, 1.82) is 0 Å². The number of hydrogen-bond acceptors (Lipinski definition) is 2. The van der Waals surface area contributed by atoms with Gasteiger partial charge in [0.25, 0.3) is 0 Å². The first-order valence-corrected chi connectivity index (χ1v) is 3.95. The molecule has 0 radical (unpaired) electrons. The summed E-state index contributed by atoms with van der Waals surface area (Å²) in [7, 11) is 1.53. The van der Waals surface area contributed by atoms with E-state index in [-0.39, 0.29) is 11.8 Å². The SMILES string of the molecule is CNC(=O)C(C[SH2+])NC(C)=O. The van der Waals surface area contributed by atoms with Gasteiger partial charge in [0.05, 0.1) is 0 Å². The van der Waals surface area contributed by atoms with Crippen molar-refractivity contribution in [3.8, 4) is 0 Å². The van der Waals surface area contributed by atoms with E-state index < -0.39 is 6.04 Å². The molecule has 0 heterocycles. The maximum absolute atomic E-state index is 10.9. The fraction of sp³-hybridized carbons (Fsp3) is 0.667. The molecular formula is C6H13N2O2S+. The van der Waals surface area contributed by atoms with Gasteiger partial charge in [0.1, 0.15) is 5.75 Å². The van der Waals surface area contributed by atoms with Crippen LogP contribution in [-0.4, -0.2) is 30.7 Å². The Morgan fingerprint density at radius 2 is 2.09 bits per heavy atom. The van der Waals surface area contributed by atoms with Crippen LogP contribution in [0.15, 0.2) is 0 Å². The summed E-state index contributed by atoms with van der Waals surface area (Å²) in [4.78, 5) is 21.4. The normalized spacial score (nSPS) is 11.9. The number of amides is 2. The molecule has 0 aromatic carbocycles. The lowest BCUT2D eigenvalue weighted by molar-refractivity contribution is -0.127. The fourth-order valence-electron chi connectivity index (χ4n) is 0.629. The highest BCUT2D eigenvalue weighted by Gasteiger charge is 2.18. The van der Waals surface area contributed by atoms with Crippen LogP contribution in [0, 0.1) is 0 Å². The van der Waals surface area contributed by atoms with Crippen LogP contribution in [0.1, 0.15) is 6.92 Å². The molecule has 1 unspecified atom stereocenters. The van der Waals surface area contributed by atoms with Crippen molar-refractivity contribution >= 4 is 24.4 Å². The minimum absolute atomic E-state index is 0.199. The highest BCUT2D eigenvalue weighted by Crippen LogP contribution is 1.82. The van der Waals surface area contributed by atoms with E-state index in [4.69, 9.17) is 0 Å². The summed E-state index contributed by atoms with van der Waals surface area (Å²) >= 11 is 3.16. The second kappa shape index (κ2) is 5.01. The van der Waals surface area contributed by atoms with Gasteiger partial charge < -0.3 is 10.6 Å². The van der Waals surface area contributed by atoms with Gasteiger partial charge in [-0.1, -0.05) is 0 Å². The largest absolute Gasteiger partial charge is 0.357 e. The molecule has 0 aromatic heterocycles. The summed E-state index contributed by atoms with van der Waals surface area (Å²) in [6.45, 7) is 1.37. The van der Waals surface area contributed by atoms with Crippen molar-refractivity contribution < 1.29 is 9.59 Å². The van der Waals surface area contributed by atoms with E-state index in [9.17, 15) is 9.59 Å². The van der Waals surface area contributed by atoms with Gasteiger partial charge in [-0.2, -0.15) is 0 Å². The summed E-state index contributed by atoms with van der Waals surface area (Å²) in [6.07, 6.45) is 0. The first-order chi connectivity index (χ1) is 5.11. The molecule has 0 aromatic rings. The second-order valence-electron chi connectivity index (χ2n) is 2.07. The zero-order valence-electron chi connectivity index (χ0n) is 6.60. The average molecular weight is 177 g/mol. The molecule has 1 atom stereocenters. The molecule has 2 N–H and O–H groups in total. The summed E-state index contributed by atoms with van der Waals surface area (Å²) in [5, 5.41) is 4.92. The molecule has 0 aliphatic heterocycles. The third-order valence-electron chi connectivity index (χ3n) is 1.14. The van der Waals surface area contributed by atoms with Gasteiger partial charge in [0.2, 0.25) is 11.8 Å². The van der Waals surface area contributed by atoms with Crippen molar-refractivity contribution in [2.45, 2.75) is 13.0 Å². The van der Waals surface area contributed by atoms with E-state index in [0.29, 0.717) is 5.75 Å². The summed E-state index contributed by atoms with van der Waals surface area (Å²) in [5.74, 6) is 0.00579. The van der Waals surface area contributed by atoms with Crippen LogP contribution in [-0.2, 0) is 22.2 Å². The lowest BCUT2D eigenvalue weighted by Crippen LogP contribution is -2.46. The Morgan fingerprint density at radius 3 is 2.36 bits per heavy atom. The summed E-state index contributed by atoms with van der Waals surface area (Å²) < 4.78 is 0. The standard InChI is InChI=1S/C6H12N2O2S/c1-4(9)8-5(3-11)6(10)7-2/h5,11H,3H2,1-2H3,(H,7,10)(H,8,9)/p+1. The average Bonchev–Trinajstić information content (AvgIpc) is 1.98. The molecular weight excluding hydrogens is 164 g/mol. The van der Waals surface area contributed by atoms with Gasteiger partial charge in [-0.15, -0.1) is 0 Å². The van der Waals surface area contributed by atoms with Crippen molar-refractivity contribution in [3.05, 3.63) is 0 Å². The molecule has 4 nitrogen and oxygen atoms in total. The van der Waals surface area contributed by atoms with E-state index in [1.54, 1.807) is 0 Å². The number of rotatable bonds is 3. The molecule has 64 valence electrons. The van der Waals surface area contributed by atoms with Crippen LogP contribution in [0.5, 0.6) is 0 Å². The molecule has 5 heteroatoms.